The molecular formula is C51H87NO4Si2. The molecule has 5 nitrogen and oxygen atoms in total. The van der Waals surface area contributed by atoms with Crippen LogP contribution in [0.25, 0.3) is 0 Å². The highest BCUT2D eigenvalue weighted by molar-refractivity contribution is 6.74. The zero-order valence-corrected chi connectivity index (χ0v) is 42.4. The molecule has 0 saturated heterocycles. The quantitative estimate of drug-likeness (QED) is 0.165. The maximum Gasteiger partial charge on any atom is 0.225 e. The van der Waals surface area contributed by atoms with Crippen molar-refractivity contribution in [3.8, 4) is 0 Å². The van der Waals surface area contributed by atoms with Gasteiger partial charge in [-0.25, -0.2) is 4.98 Å². The summed E-state index contributed by atoms with van der Waals surface area (Å²) in [5.74, 6) is 4.95. The number of Topliss-reactive ketones (excluding diaryl/α,β-unsaturated/α-hetero) is 1. The number of hydrogen-bond acceptors (Lipinski definition) is 5. The SMILES string of the molecule is C=C1C(=CC=C2CCC[C@]3(C)[C@@H]([C@H](C)CCC(C(=O)C(C)(C)C)C4CC4)CC[C@@H]23)C[C@](O[Si](C)(C)C(C)(C)C)(c2ncc(CCCC)o2)C[C@@H]1O[Si](C)(C)C(C)(C)C. The minimum absolute atomic E-state index is 0.0113. The van der Waals surface area contributed by atoms with Gasteiger partial charge in [0.25, 0.3) is 0 Å². The van der Waals surface area contributed by atoms with E-state index in [2.05, 4.69) is 121 Å². The van der Waals surface area contributed by atoms with Crippen molar-refractivity contribution in [3.05, 3.63) is 53.3 Å². The van der Waals surface area contributed by atoms with Crippen molar-refractivity contribution in [1.82, 2.24) is 4.98 Å². The largest absolute Gasteiger partial charge is 0.443 e. The van der Waals surface area contributed by atoms with Gasteiger partial charge in [-0.2, -0.15) is 0 Å². The third-order valence-electron chi connectivity index (χ3n) is 16.4. The lowest BCUT2D eigenvalue weighted by molar-refractivity contribution is -0.131. The van der Waals surface area contributed by atoms with Gasteiger partial charge in [0.05, 0.1) is 12.3 Å². The Hall–Kier alpha value is -1.55. The van der Waals surface area contributed by atoms with Crippen molar-refractivity contribution in [2.24, 2.45) is 40.4 Å². The van der Waals surface area contributed by atoms with Crippen LogP contribution in [0.4, 0.5) is 0 Å². The van der Waals surface area contributed by atoms with E-state index in [9.17, 15) is 4.79 Å². The number of ketones is 1. The predicted molar refractivity (Wildman–Crippen MR) is 249 cm³/mol. The van der Waals surface area contributed by atoms with E-state index >= 15 is 0 Å². The summed E-state index contributed by atoms with van der Waals surface area (Å²) in [6, 6.07) is 0. The number of oxazole rings is 1. The first kappa shape index (κ1) is 47.5. The molecule has 4 fully saturated rings. The van der Waals surface area contributed by atoms with Crippen LogP contribution in [0.1, 0.15) is 178 Å². The van der Waals surface area contributed by atoms with Crippen molar-refractivity contribution in [2.75, 3.05) is 0 Å². The van der Waals surface area contributed by atoms with Crippen LogP contribution < -0.4 is 0 Å². The fourth-order valence-electron chi connectivity index (χ4n) is 10.5. The first-order chi connectivity index (χ1) is 26.7. The van der Waals surface area contributed by atoms with E-state index in [1.165, 1.54) is 50.5 Å². The zero-order chi connectivity index (χ0) is 43.3. The molecule has 7 atom stereocenters. The first-order valence-corrected chi connectivity index (χ1v) is 29.4. The average Bonchev–Trinajstić information content (AvgIpc) is 3.70. The molecule has 1 unspecified atom stereocenters. The lowest BCUT2D eigenvalue weighted by Gasteiger charge is -2.50. The fraction of sp³-hybridized carbons (Fsp3) is 0.804. The standard InChI is InChI=1S/C51H87NO4Si2/c1-18-19-22-40-34-52-46(54-40)51(56-58(16,17)49(10,11)12)32-39(36(3)44(33-51)55-57(14,15)48(7,8)9)27-26-38-21-20-31-50(13)42(29-30-43(38)50)35(2)23-28-41(37-24-25-37)45(53)47(4,5)6/h26-27,34-35,37,41-44H,3,18-25,28-33H2,1-2,4-17H3/t35-,41?,42-,43+,44+,50-,51-/m1/s1. The molecule has 5 rings (SSSR count). The molecule has 4 saturated carbocycles. The van der Waals surface area contributed by atoms with Gasteiger partial charge in [0.2, 0.25) is 5.89 Å². The van der Waals surface area contributed by atoms with Gasteiger partial charge >= 0.3 is 0 Å². The van der Waals surface area contributed by atoms with Gasteiger partial charge in [0.15, 0.2) is 16.6 Å². The second kappa shape index (κ2) is 17.3. The topological polar surface area (TPSA) is 61.6 Å². The van der Waals surface area contributed by atoms with Crippen LogP contribution in [-0.2, 0) is 25.7 Å². The third kappa shape index (κ3) is 10.2. The Bertz CT molecular complexity index is 1680. The highest BCUT2D eigenvalue weighted by atomic mass is 28.4. The molecule has 0 aromatic carbocycles. The Morgan fingerprint density at radius 3 is 2.22 bits per heavy atom. The van der Waals surface area contributed by atoms with Crippen molar-refractivity contribution in [1.29, 1.82) is 0 Å². The molecule has 0 bridgehead atoms. The molecule has 1 aromatic heterocycles. The number of carbonyl (C=O) groups is 1. The van der Waals surface area contributed by atoms with E-state index in [0.29, 0.717) is 53.6 Å². The number of nitrogens with zero attached hydrogens (tertiary/aromatic N) is 1. The molecule has 4 aliphatic rings. The summed E-state index contributed by atoms with van der Waals surface area (Å²) in [5, 5.41) is 0.0663. The molecule has 0 N–H and O–H groups in total. The number of allylic oxidation sites excluding steroid dienone is 3. The highest BCUT2D eigenvalue weighted by Gasteiger charge is 2.55. The molecule has 58 heavy (non-hydrogen) atoms. The smallest absolute Gasteiger partial charge is 0.225 e. The van der Waals surface area contributed by atoms with Crippen molar-refractivity contribution < 1.29 is 18.1 Å². The molecular weight excluding hydrogens is 747 g/mol. The van der Waals surface area contributed by atoms with Crippen LogP contribution in [0.3, 0.4) is 0 Å². The molecule has 0 radical (unpaired) electrons. The molecule has 0 spiro atoms. The number of rotatable bonds is 15. The molecule has 1 heterocycles. The van der Waals surface area contributed by atoms with Crippen LogP contribution in [0, 0.1) is 40.4 Å². The van der Waals surface area contributed by atoms with Crippen molar-refractivity contribution >= 4 is 22.4 Å². The maximum absolute atomic E-state index is 13.5. The van der Waals surface area contributed by atoms with Gasteiger partial charge in [-0.1, -0.05) is 114 Å². The van der Waals surface area contributed by atoms with Crippen LogP contribution in [-0.4, -0.2) is 33.5 Å². The number of aryl methyl sites for hydroxylation is 1. The van der Waals surface area contributed by atoms with Crippen LogP contribution in [0.2, 0.25) is 36.3 Å². The number of carbonyl (C=O) groups excluding carboxylic acids is 1. The van der Waals surface area contributed by atoms with Gasteiger partial charge in [-0.15, -0.1) is 0 Å². The van der Waals surface area contributed by atoms with E-state index in [0.717, 1.165) is 43.4 Å². The Morgan fingerprint density at radius 2 is 1.64 bits per heavy atom. The lowest BCUT2D eigenvalue weighted by atomic mass is 9.60. The molecule has 7 heteroatoms. The number of hydrogen-bond donors (Lipinski definition) is 0. The third-order valence-corrected chi connectivity index (χ3v) is 25.4. The number of unbranched alkanes of at least 4 members (excludes halogenated alkanes) is 1. The van der Waals surface area contributed by atoms with E-state index in [-0.39, 0.29) is 27.5 Å². The van der Waals surface area contributed by atoms with Crippen molar-refractivity contribution in [3.63, 3.8) is 0 Å². The first-order valence-electron chi connectivity index (χ1n) is 23.6. The minimum Gasteiger partial charge on any atom is -0.443 e. The predicted octanol–water partition coefficient (Wildman–Crippen LogP) is 15.1. The molecule has 1 aromatic rings. The van der Waals surface area contributed by atoms with Gasteiger partial charge in [-0.3, -0.25) is 4.79 Å². The summed E-state index contributed by atoms with van der Waals surface area (Å²) in [6.45, 7) is 41.9. The van der Waals surface area contributed by atoms with Gasteiger partial charge in [0, 0.05) is 30.6 Å². The second-order valence-corrected chi connectivity index (χ2v) is 33.5. The zero-order valence-electron chi connectivity index (χ0n) is 40.4. The Labute approximate surface area is 358 Å². The van der Waals surface area contributed by atoms with E-state index in [1.54, 1.807) is 5.57 Å². The van der Waals surface area contributed by atoms with Crippen LogP contribution in [0.15, 0.2) is 46.1 Å². The van der Waals surface area contributed by atoms with Crippen LogP contribution >= 0.6 is 0 Å². The molecule has 0 amide bonds. The Balaban J connectivity index is 1.49. The summed E-state index contributed by atoms with van der Waals surface area (Å²) in [5.41, 5.74) is 3.24. The Morgan fingerprint density at radius 1 is 0.983 bits per heavy atom. The molecule has 4 aliphatic carbocycles. The number of aromatic nitrogens is 1. The number of fused-ring (bicyclic) bond motifs is 1. The highest BCUT2D eigenvalue weighted by Crippen LogP contribution is 2.60. The maximum atomic E-state index is 13.5. The average molecular weight is 834 g/mol. The fourth-order valence-corrected chi connectivity index (χ4v) is 13.4. The summed E-state index contributed by atoms with van der Waals surface area (Å²) in [7, 11) is -4.50. The van der Waals surface area contributed by atoms with E-state index in [1.807, 2.05) is 6.20 Å². The monoisotopic (exact) mass is 834 g/mol. The van der Waals surface area contributed by atoms with E-state index < -0.39 is 22.2 Å². The lowest BCUT2D eigenvalue weighted by Crippen LogP contribution is -2.53. The summed E-state index contributed by atoms with van der Waals surface area (Å²) in [6.07, 6.45) is 22.1. The van der Waals surface area contributed by atoms with Gasteiger partial charge in [-0.05, 0) is 141 Å². The summed E-state index contributed by atoms with van der Waals surface area (Å²) >= 11 is 0. The van der Waals surface area contributed by atoms with Crippen molar-refractivity contribution in [2.45, 2.75) is 221 Å². The second-order valence-electron chi connectivity index (χ2n) is 24.0. The minimum atomic E-state index is -2.31. The van der Waals surface area contributed by atoms with Crippen LogP contribution in [0.5, 0.6) is 0 Å². The Kier molecular flexibility index (Phi) is 14.2. The molecule has 0 aliphatic heterocycles. The summed E-state index contributed by atoms with van der Waals surface area (Å²) in [4.78, 5) is 18.6. The van der Waals surface area contributed by atoms with E-state index in [4.69, 9.17) is 24.8 Å². The molecule has 328 valence electrons. The normalized spacial score (nSPS) is 30.2. The van der Waals surface area contributed by atoms with Gasteiger partial charge in [0.1, 0.15) is 17.1 Å². The summed E-state index contributed by atoms with van der Waals surface area (Å²) < 4.78 is 21.8. The van der Waals surface area contributed by atoms with Gasteiger partial charge < -0.3 is 13.3 Å².